The van der Waals surface area contributed by atoms with Gasteiger partial charge in [-0.05, 0) is 60.4 Å². The summed E-state index contributed by atoms with van der Waals surface area (Å²) in [5.41, 5.74) is 4.17. The number of hydrogen-bond acceptors (Lipinski definition) is 1. The van der Waals surface area contributed by atoms with Crippen LogP contribution in [0.3, 0.4) is 0 Å². The third-order valence-electron chi connectivity index (χ3n) is 6.12. The molecule has 1 heterocycles. The summed E-state index contributed by atoms with van der Waals surface area (Å²) in [4.78, 5) is 12.9. The summed E-state index contributed by atoms with van der Waals surface area (Å²) in [6.07, 6.45) is 3.33. The van der Waals surface area contributed by atoms with Crippen LogP contribution in [-0.4, -0.2) is 16.5 Å². The molecule has 0 fully saturated rings. The summed E-state index contributed by atoms with van der Waals surface area (Å²) in [5.74, 6) is -0.373. The van der Waals surface area contributed by atoms with Gasteiger partial charge in [0.15, 0.2) is 0 Å². The number of hydrogen-bond donors (Lipinski definition) is 1. The Labute approximate surface area is 199 Å². The summed E-state index contributed by atoms with van der Waals surface area (Å²) < 4.78 is 15.6. The van der Waals surface area contributed by atoms with E-state index in [1.54, 1.807) is 12.1 Å². The van der Waals surface area contributed by atoms with Gasteiger partial charge in [0.25, 0.3) is 0 Å². The molecule has 0 bridgehead atoms. The fraction of sp³-hybridized carbons (Fsp3) is 0.250. The first-order chi connectivity index (χ1) is 15.9. The fourth-order valence-electron chi connectivity index (χ4n) is 4.22. The van der Waals surface area contributed by atoms with Crippen LogP contribution in [0.4, 0.5) is 4.39 Å². The molecule has 0 saturated carbocycles. The number of carbonyl (C=O) groups is 1. The molecule has 1 amide bonds. The van der Waals surface area contributed by atoms with Crippen molar-refractivity contribution in [1.82, 2.24) is 9.88 Å². The Kier molecular flexibility index (Phi) is 7.14. The second-order valence-electron chi connectivity index (χ2n) is 8.54. The van der Waals surface area contributed by atoms with Crippen molar-refractivity contribution >= 4 is 28.4 Å². The number of benzene rings is 3. The minimum absolute atomic E-state index is 0.0182. The maximum atomic E-state index is 13.4. The number of amides is 1. The number of fused-ring (bicyclic) bond motifs is 1. The Hall–Kier alpha value is -3.11. The highest BCUT2D eigenvalue weighted by molar-refractivity contribution is 6.30. The normalized spacial score (nSPS) is 13.1. The zero-order chi connectivity index (χ0) is 23.4. The number of halogens is 2. The van der Waals surface area contributed by atoms with E-state index in [0.29, 0.717) is 18.0 Å². The van der Waals surface area contributed by atoms with E-state index in [2.05, 4.69) is 35.1 Å². The number of para-hydroxylation sites is 1. The minimum Gasteiger partial charge on any atom is -0.354 e. The van der Waals surface area contributed by atoms with Gasteiger partial charge < -0.3 is 9.88 Å². The first-order valence-corrected chi connectivity index (χ1v) is 11.7. The van der Waals surface area contributed by atoms with Crippen molar-refractivity contribution in [2.75, 3.05) is 0 Å². The van der Waals surface area contributed by atoms with Crippen LogP contribution in [0.15, 0.2) is 79.0 Å². The van der Waals surface area contributed by atoms with E-state index in [4.69, 9.17) is 11.6 Å². The number of nitrogens with one attached hydrogen (secondary N) is 1. The molecule has 33 heavy (non-hydrogen) atoms. The quantitative estimate of drug-likeness (QED) is 0.303. The standard InChI is InChI=1S/C28H28ClFN2O/c1-3-19(2)31-28(33)16-25(21-7-6-8-22(29)15-21)26-18-32(27-10-5-4-9-24(26)27)17-20-11-13-23(30)14-12-20/h4-15,18-19,25H,3,16-17H2,1-2H3,(H,31,33)/t19-,25-/m1/s1. The number of aromatic nitrogens is 1. The maximum absolute atomic E-state index is 13.4. The van der Waals surface area contributed by atoms with E-state index in [1.807, 2.05) is 43.3 Å². The van der Waals surface area contributed by atoms with Crippen molar-refractivity contribution < 1.29 is 9.18 Å². The van der Waals surface area contributed by atoms with Gasteiger partial charge in [-0.1, -0.05) is 61.0 Å². The molecule has 5 heteroatoms. The number of rotatable bonds is 8. The minimum atomic E-state index is -0.245. The van der Waals surface area contributed by atoms with Crippen molar-refractivity contribution in [3.8, 4) is 0 Å². The second-order valence-corrected chi connectivity index (χ2v) is 8.98. The van der Waals surface area contributed by atoms with Crippen LogP contribution in [0.25, 0.3) is 10.9 Å². The van der Waals surface area contributed by atoms with E-state index >= 15 is 0 Å². The van der Waals surface area contributed by atoms with E-state index in [1.165, 1.54) is 12.1 Å². The molecular formula is C28H28ClFN2O. The van der Waals surface area contributed by atoms with E-state index in [9.17, 15) is 9.18 Å². The molecule has 4 aromatic rings. The Morgan fingerprint density at radius 2 is 1.82 bits per heavy atom. The van der Waals surface area contributed by atoms with Gasteiger partial charge in [0, 0.05) is 47.0 Å². The van der Waals surface area contributed by atoms with E-state index in [-0.39, 0.29) is 23.7 Å². The van der Waals surface area contributed by atoms with Crippen LogP contribution in [-0.2, 0) is 11.3 Å². The van der Waals surface area contributed by atoms with Gasteiger partial charge in [-0.15, -0.1) is 0 Å². The number of carbonyl (C=O) groups excluding carboxylic acids is 1. The fourth-order valence-corrected chi connectivity index (χ4v) is 4.42. The van der Waals surface area contributed by atoms with Crippen molar-refractivity contribution in [1.29, 1.82) is 0 Å². The summed E-state index contributed by atoms with van der Waals surface area (Å²) in [5, 5.41) is 4.85. The smallest absolute Gasteiger partial charge is 0.221 e. The lowest BCUT2D eigenvalue weighted by Gasteiger charge is -2.19. The molecule has 3 nitrogen and oxygen atoms in total. The zero-order valence-corrected chi connectivity index (χ0v) is 19.6. The van der Waals surface area contributed by atoms with Crippen molar-refractivity contribution in [3.63, 3.8) is 0 Å². The Morgan fingerprint density at radius 3 is 2.55 bits per heavy atom. The van der Waals surface area contributed by atoms with Gasteiger partial charge in [0.1, 0.15) is 5.82 Å². The van der Waals surface area contributed by atoms with E-state index < -0.39 is 0 Å². The molecule has 0 spiro atoms. The highest BCUT2D eigenvalue weighted by Crippen LogP contribution is 2.36. The second kappa shape index (κ2) is 10.2. The van der Waals surface area contributed by atoms with Crippen LogP contribution < -0.4 is 5.32 Å². The van der Waals surface area contributed by atoms with Gasteiger partial charge >= 0.3 is 0 Å². The summed E-state index contributed by atoms with van der Waals surface area (Å²) in [6, 6.07) is 22.6. The summed E-state index contributed by atoms with van der Waals surface area (Å²) >= 11 is 6.33. The highest BCUT2D eigenvalue weighted by Gasteiger charge is 2.23. The molecule has 0 unspecified atom stereocenters. The van der Waals surface area contributed by atoms with Crippen LogP contribution in [0.1, 0.15) is 49.3 Å². The third-order valence-corrected chi connectivity index (χ3v) is 6.36. The van der Waals surface area contributed by atoms with Gasteiger partial charge in [-0.2, -0.15) is 0 Å². The zero-order valence-electron chi connectivity index (χ0n) is 18.9. The largest absolute Gasteiger partial charge is 0.354 e. The van der Waals surface area contributed by atoms with Crippen molar-refractivity contribution in [2.45, 2.75) is 45.2 Å². The average molecular weight is 463 g/mol. The molecule has 4 rings (SSSR count). The molecule has 0 radical (unpaired) electrons. The van der Waals surface area contributed by atoms with Crippen molar-refractivity contribution in [3.05, 3.63) is 107 Å². The molecule has 1 N–H and O–H groups in total. The van der Waals surface area contributed by atoms with Gasteiger partial charge in [-0.25, -0.2) is 4.39 Å². The molecule has 0 aliphatic carbocycles. The van der Waals surface area contributed by atoms with Crippen LogP contribution >= 0.6 is 11.6 Å². The van der Waals surface area contributed by atoms with Crippen LogP contribution in [0, 0.1) is 5.82 Å². The average Bonchev–Trinajstić information content (AvgIpc) is 3.17. The Balaban J connectivity index is 1.77. The predicted octanol–water partition coefficient (Wildman–Crippen LogP) is 6.92. The molecule has 170 valence electrons. The lowest BCUT2D eigenvalue weighted by molar-refractivity contribution is -0.121. The molecule has 1 aromatic heterocycles. The molecule has 3 aromatic carbocycles. The highest BCUT2D eigenvalue weighted by atomic mass is 35.5. The lowest BCUT2D eigenvalue weighted by Crippen LogP contribution is -2.33. The SMILES string of the molecule is CC[C@@H](C)NC(=O)C[C@H](c1cccc(Cl)c1)c1cn(Cc2ccc(F)cc2)c2ccccc12. The van der Waals surface area contributed by atoms with Crippen molar-refractivity contribution in [2.24, 2.45) is 0 Å². The Morgan fingerprint density at radius 1 is 1.06 bits per heavy atom. The molecule has 2 atom stereocenters. The first kappa shape index (κ1) is 23.1. The van der Waals surface area contributed by atoms with Gasteiger partial charge in [0.05, 0.1) is 0 Å². The lowest BCUT2D eigenvalue weighted by atomic mass is 9.88. The number of nitrogens with zero attached hydrogens (tertiary/aromatic N) is 1. The van der Waals surface area contributed by atoms with Crippen LogP contribution in [0.2, 0.25) is 5.02 Å². The molecule has 0 aliphatic heterocycles. The Bertz CT molecular complexity index is 1250. The predicted molar refractivity (Wildman–Crippen MR) is 133 cm³/mol. The topological polar surface area (TPSA) is 34.0 Å². The van der Waals surface area contributed by atoms with E-state index in [0.717, 1.165) is 34.0 Å². The van der Waals surface area contributed by atoms with Gasteiger partial charge in [-0.3, -0.25) is 4.79 Å². The first-order valence-electron chi connectivity index (χ1n) is 11.3. The summed E-state index contributed by atoms with van der Waals surface area (Å²) in [6.45, 7) is 4.69. The molecule has 0 saturated heterocycles. The third kappa shape index (κ3) is 5.45. The van der Waals surface area contributed by atoms with Gasteiger partial charge in [0.2, 0.25) is 5.91 Å². The maximum Gasteiger partial charge on any atom is 0.221 e. The monoisotopic (exact) mass is 462 g/mol. The molecular weight excluding hydrogens is 435 g/mol. The van der Waals surface area contributed by atoms with Crippen LogP contribution in [0.5, 0.6) is 0 Å². The molecule has 0 aliphatic rings. The summed E-state index contributed by atoms with van der Waals surface area (Å²) in [7, 11) is 0.